The van der Waals surface area contributed by atoms with Crippen LogP contribution in [0.15, 0.2) is 237 Å². The Labute approximate surface area is 392 Å². The van der Waals surface area contributed by atoms with Crippen molar-refractivity contribution in [2.75, 3.05) is 0 Å². The second-order valence-electron chi connectivity index (χ2n) is 17.1. The molecule has 0 amide bonds. The monoisotopic (exact) mass is 869 g/mol. The van der Waals surface area contributed by atoms with E-state index in [0.717, 1.165) is 66.8 Å². The van der Waals surface area contributed by atoms with Gasteiger partial charge in [-0.3, -0.25) is 0 Å². The van der Waals surface area contributed by atoms with E-state index < -0.39 is 0 Å². The highest BCUT2D eigenvalue weighted by Crippen LogP contribution is 2.43. The first kappa shape index (κ1) is 38.9. The van der Waals surface area contributed by atoms with Crippen LogP contribution in [-0.2, 0) is 0 Å². The smallest absolute Gasteiger partial charge is 0.160 e. The number of benzene rings is 10. The SMILES string of the molecule is c1ccc(-c2cccc(-c3cc(-c4ccc(-c5nc6ccc(-c7cccc(-c8cccc9c8sc8ccccc89)c7)cc6c6c5ccc5ccccc56)cc4)nc(-c4ccccc4)n3)c2)cc1. The molecule has 4 heteroatoms. The van der Waals surface area contributed by atoms with Crippen molar-refractivity contribution in [2.24, 2.45) is 0 Å². The zero-order valence-electron chi connectivity index (χ0n) is 36.3. The Morgan fingerprint density at radius 2 is 0.881 bits per heavy atom. The number of fused-ring (bicyclic) bond motifs is 8. The molecule has 0 N–H and O–H groups in total. The predicted molar refractivity (Wildman–Crippen MR) is 283 cm³/mol. The maximum atomic E-state index is 5.45. The molecule has 3 heterocycles. The highest BCUT2D eigenvalue weighted by molar-refractivity contribution is 7.26. The molecular formula is C63H39N3S. The lowest BCUT2D eigenvalue weighted by atomic mass is 9.92. The van der Waals surface area contributed by atoms with Gasteiger partial charge >= 0.3 is 0 Å². The Balaban J connectivity index is 0.912. The summed E-state index contributed by atoms with van der Waals surface area (Å²) in [4.78, 5) is 15.7. The zero-order valence-corrected chi connectivity index (χ0v) is 37.1. The molecule has 0 aliphatic rings. The van der Waals surface area contributed by atoms with E-state index in [1.165, 1.54) is 58.6 Å². The number of aromatic nitrogens is 3. The van der Waals surface area contributed by atoms with Crippen LogP contribution in [0, 0.1) is 0 Å². The average Bonchev–Trinajstić information content (AvgIpc) is 3.80. The van der Waals surface area contributed by atoms with Gasteiger partial charge in [0.05, 0.1) is 22.6 Å². The lowest BCUT2D eigenvalue weighted by molar-refractivity contribution is 1.18. The molecule has 0 saturated carbocycles. The Bertz CT molecular complexity index is 4030. The summed E-state index contributed by atoms with van der Waals surface area (Å²) in [5.74, 6) is 0.691. The first-order chi connectivity index (χ1) is 33.2. The maximum Gasteiger partial charge on any atom is 0.160 e. The van der Waals surface area contributed by atoms with Crippen LogP contribution in [0.2, 0.25) is 0 Å². The Kier molecular flexibility index (Phi) is 9.36. The normalized spacial score (nSPS) is 11.6. The largest absolute Gasteiger partial charge is 0.247 e. The molecule has 13 aromatic rings. The van der Waals surface area contributed by atoms with Crippen molar-refractivity contribution in [2.45, 2.75) is 0 Å². The molecule has 3 nitrogen and oxygen atoms in total. The molecule has 10 aromatic carbocycles. The Morgan fingerprint density at radius 3 is 1.70 bits per heavy atom. The maximum absolute atomic E-state index is 5.45. The topological polar surface area (TPSA) is 38.7 Å². The van der Waals surface area contributed by atoms with Crippen LogP contribution in [0.5, 0.6) is 0 Å². The minimum Gasteiger partial charge on any atom is -0.247 e. The van der Waals surface area contributed by atoms with E-state index in [1.54, 1.807) is 0 Å². The van der Waals surface area contributed by atoms with Gasteiger partial charge in [-0.15, -0.1) is 11.3 Å². The van der Waals surface area contributed by atoms with Gasteiger partial charge in [-0.1, -0.05) is 200 Å². The van der Waals surface area contributed by atoms with E-state index in [9.17, 15) is 0 Å². The van der Waals surface area contributed by atoms with Crippen molar-refractivity contribution in [3.8, 4) is 78.5 Å². The van der Waals surface area contributed by atoms with E-state index >= 15 is 0 Å². The minimum atomic E-state index is 0.691. The van der Waals surface area contributed by atoms with Gasteiger partial charge in [-0.05, 0) is 80.6 Å². The summed E-state index contributed by atoms with van der Waals surface area (Å²) in [6.45, 7) is 0. The van der Waals surface area contributed by atoms with Crippen molar-refractivity contribution >= 4 is 64.0 Å². The van der Waals surface area contributed by atoms with Gasteiger partial charge in [0.2, 0.25) is 0 Å². The Hall–Kier alpha value is -8.57. The molecule has 0 saturated heterocycles. The molecule has 0 aliphatic carbocycles. The van der Waals surface area contributed by atoms with Crippen molar-refractivity contribution in [1.82, 2.24) is 15.0 Å². The standard InChI is InChI=1S/C63H39N3S/c1-3-14-40(15-4-1)45-19-12-22-49(37-45)58-39-57(65-63(66-58)44-17-5-2-6-18-44)42-28-30-43(31-29-42)61-54-34-32-41-16-7-8-23-50(41)60(54)55-38-47(33-35-56(55)64-61)46-20-11-21-48(36-46)51-25-13-26-53-52-24-9-10-27-59(52)67-62(51)53/h1-39H. The molecule has 312 valence electrons. The molecule has 0 bridgehead atoms. The van der Waals surface area contributed by atoms with Crippen LogP contribution in [-0.4, -0.2) is 15.0 Å². The highest BCUT2D eigenvalue weighted by atomic mass is 32.1. The fourth-order valence-electron chi connectivity index (χ4n) is 9.76. The molecule has 3 aromatic heterocycles. The quantitative estimate of drug-likeness (QED) is 0.150. The zero-order chi connectivity index (χ0) is 44.3. The van der Waals surface area contributed by atoms with Gasteiger partial charge in [-0.2, -0.15) is 0 Å². The van der Waals surface area contributed by atoms with E-state index in [0.29, 0.717) is 5.82 Å². The Morgan fingerprint density at radius 1 is 0.299 bits per heavy atom. The average molecular weight is 870 g/mol. The second-order valence-corrected chi connectivity index (χ2v) is 18.2. The summed E-state index contributed by atoms with van der Waals surface area (Å²) in [6, 6.07) is 84.5. The van der Waals surface area contributed by atoms with Crippen LogP contribution in [0.4, 0.5) is 0 Å². The third-order valence-electron chi connectivity index (χ3n) is 13.1. The van der Waals surface area contributed by atoms with Crippen LogP contribution in [0.25, 0.3) is 131 Å². The van der Waals surface area contributed by atoms with Crippen LogP contribution >= 0.6 is 11.3 Å². The molecule has 67 heavy (non-hydrogen) atoms. The summed E-state index contributed by atoms with van der Waals surface area (Å²) in [5, 5.41) is 8.51. The summed E-state index contributed by atoms with van der Waals surface area (Å²) in [5.41, 5.74) is 14.9. The molecule has 0 fully saturated rings. The van der Waals surface area contributed by atoms with Crippen molar-refractivity contribution in [3.63, 3.8) is 0 Å². The molecule has 0 atom stereocenters. The van der Waals surface area contributed by atoms with Gasteiger partial charge in [-0.25, -0.2) is 15.0 Å². The van der Waals surface area contributed by atoms with E-state index in [-0.39, 0.29) is 0 Å². The van der Waals surface area contributed by atoms with Gasteiger partial charge < -0.3 is 0 Å². The lowest BCUT2D eigenvalue weighted by Crippen LogP contribution is -1.96. The minimum absolute atomic E-state index is 0.691. The summed E-state index contributed by atoms with van der Waals surface area (Å²) < 4.78 is 2.64. The molecule has 13 rings (SSSR count). The number of thiophene rings is 1. The lowest BCUT2D eigenvalue weighted by Gasteiger charge is -2.15. The van der Waals surface area contributed by atoms with E-state index in [1.807, 2.05) is 35.6 Å². The fourth-order valence-corrected chi connectivity index (χ4v) is 11.0. The molecule has 0 aliphatic heterocycles. The molecule has 0 unspecified atom stereocenters. The van der Waals surface area contributed by atoms with Gasteiger partial charge in [0.1, 0.15) is 0 Å². The van der Waals surface area contributed by atoms with Gasteiger partial charge in [0.15, 0.2) is 5.82 Å². The fraction of sp³-hybridized carbons (Fsp3) is 0. The molecule has 0 radical (unpaired) electrons. The van der Waals surface area contributed by atoms with Gasteiger partial charge in [0, 0.05) is 58.6 Å². The summed E-state index contributed by atoms with van der Waals surface area (Å²) >= 11 is 1.87. The number of pyridine rings is 1. The summed E-state index contributed by atoms with van der Waals surface area (Å²) in [6.07, 6.45) is 0. The van der Waals surface area contributed by atoms with Crippen LogP contribution in [0.1, 0.15) is 0 Å². The van der Waals surface area contributed by atoms with Crippen molar-refractivity contribution in [1.29, 1.82) is 0 Å². The molecular weight excluding hydrogens is 831 g/mol. The summed E-state index contributed by atoms with van der Waals surface area (Å²) in [7, 11) is 0. The van der Waals surface area contributed by atoms with E-state index in [2.05, 4.69) is 212 Å². The first-order valence-corrected chi connectivity index (χ1v) is 23.5. The first-order valence-electron chi connectivity index (χ1n) is 22.7. The van der Waals surface area contributed by atoms with Crippen molar-refractivity contribution < 1.29 is 0 Å². The van der Waals surface area contributed by atoms with Crippen LogP contribution < -0.4 is 0 Å². The highest BCUT2D eigenvalue weighted by Gasteiger charge is 2.17. The number of rotatable bonds is 7. The number of hydrogen-bond donors (Lipinski definition) is 0. The van der Waals surface area contributed by atoms with Crippen LogP contribution in [0.3, 0.4) is 0 Å². The van der Waals surface area contributed by atoms with Crippen molar-refractivity contribution in [3.05, 3.63) is 237 Å². The molecule has 0 spiro atoms. The second kappa shape index (κ2) is 16.1. The third kappa shape index (κ3) is 6.94. The third-order valence-corrected chi connectivity index (χ3v) is 14.3. The van der Waals surface area contributed by atoms with Gasteiger partial charge in [0.25, 0.3) is 0 Å². The number of hydrogen-bond acceptors (Lipinski definition) is 4. The van der Waals surface area contributed by atoms with E-state index in [4.69, 9.17) is 15.0 Å². The predicted octanol–water partition coefficient (Wildman–Crippen LogP) is 17.4. The number of nitrogens with zero attached hydrogens (tertiary/aromatic N) is 3.